The molecule has 1 nitrogen and oxygen atoms in total. The van der Waals surface area contributed by atoms with Crippen LogP contribution in [0.4, 0.5) is 4.39 Å². The fourth-order valence-corrected chi connectivity index (χ4v) is 2.47. The molecular weight excluding hydrogens is 227 g/mol. The lowest BCUT2D eigenvalue weighted by molar-refractivity contribution is -0.123. The van der Waals surface area contributed by atoms with E-state index in [0.717, 1.165) is 24.2 Å². The van der Waals surface area contributed by atoms with Gasteiger partial charge in [-0.1, -0.05) is 42.0 Å². The van der Waals surface area contributed by atoms with Gasteiger partial charge in [0.25, 0.3) is 0 Å². The standard InChI is InChI=1S/C16H15FO/c1-12-2-4-13(5-3-12)16(10-11-18-16)14-6-8-15(17)9-7-14/h2-9H,10-11H2,1H3. The van der Waals surface area contributed by atoms with Crippen molar-refractivity contribution in [1.82, 2.24) is 0 Å². The molecule has 0 N–H and O–H groups in total. The molecular formula is C16H15FO. The summed E-state index contributed by atoms with van der Waals surface area (Å²) in [4.78, 5) is 0. The third-order valence-corrected chi connectivity index (χ3v) is 3.63. The van der Waals surface area contributed by atoms with E-state index >= 15 is 0 Å². The Bertz CT molecular complexity index is 491. The molecule has 18 heavy (non-hydrogen) atoms. The molecule has 2 aromatic carbocycles. The van der Waals surface area contributed by atoms with E-state index in [-0.39, 0.29) is 11.4 Å². The van der Waals surface area contributed by atoms with Gasteiger partial charge in [0.1, 0.15) is 11.4 Å². The molecule has 1 aliphatic rings. The lowest BCUT2D eigenvalue weighted by Crippen LogP contribution is -2.41. The molecule has 1 saturated heterocycles. The fourth-order valence-electron chi connectivity index (χ4n) is 2.47. The van der Waals surface area contributed by atoms with Crippen LogP contribution in [-0.2, 0) is 10.3 Å². The van der Waals surface area contributed by atoms with Crippen molar-refractivity contribution in [2.45, 2.75) is 18.9 Å². The zero-order valence-electron chi connectivity index (χ0n) is 10.3. The molecule has 0 saturated carbocycles. The average molecular weight is 242 g/mol. The highest BCUT2D eigenvalue weighted by molar-refractivity contribution is 5.39. The molecule has 1 heterocycles. The number of hydrogen-bond donors (Lipinski definition) is 0. The van der Waals surface area contributed by atoms with Crippen LogP contribution in [0.15, 0.2) is 48.5 Å². The van der Waals surface area contributed by atoms with Crippen LogP contribution in [0.3, 0.4) is 0 Å². The van der Waals surface area contributed by atoms with Gasteiger partial charge in [0.05, 0.1) is 6.61 Å². The van der Waals surface area contributed by atoms with E-state index in [2.05, 4.69) is 31.2 Å². The van der Waals surface area contributed by atoms with E-state index in [0.29, 0.717) is 0 Å². The van der Waals surface area contributed by atoms with Crippen LogP contribution in [0.2, 0.25) is 0 Å². The predicted octanol–water partition coefficient (Wildman–Crippen LogP) is 3.80. The lowest BCUT2D eigenvalue weighted by atomic mass is 9.80. The highest BCUT2D eigenvalue weighted by Gasteiger charge is 2.41. The topological polar surface area (TPSA) is 9.23 Å². The maximum absolute atomic E-state index is 13.0. The van der Waals surface area contributed by atoms with Crippen molar-refractivity contribution in [2.24, 2.45) is 0 Å². The van der Waals surface area contributed by atoms with Gasteiger partial charge >= 0.3 is 0 Å². The molecule has 0 amide bonds. The van der Waals surface area contributed by atoms with Crippen molar-refractivity contribution in [3.05, 3.63) is 71.0 Å². The minimum atomic E-state index is -0.374. The van der Waals surface area contributed by atoms with Gasteiger partial charge in [0, 0.05) is 6.42 Å². The number of halogens is 1. The van der Waals surface area contributed by atoms with Gasteiger partial charge in [-0.15, -0.1) is 0 Å². The zero-order chi connectivity index (χ0) is 12.6. The fraction of sp³-hybridized carbons (Fsp3) is 0.250. The van der Waals surface area contributed by atoms with E-state index in [1.165, 1.54) is 17.7 Å². The van der Waals surface area contributed by atoms with E-state index in [1.807, 2.05) is 12.1 Å². The number of ether oxygens (including phenoxy) is 1. The summed E-state index contributed by atoms with van der Waals surface area (Å²) in [6.07, 6.45) is 0.946. The monoisotopic (exact) mass is 242 g/mol. The van der Waals surface area contributed by atoms with E-state index in [1.54, 1.807) is 0 Å². The zero-order valence-corrected chi connectivity index (χ0v) is 10.3. The van der Waals surface area contributed by atoms with Crippen LogP contribution in [0.1, 0.15) is 23.1 Å². The Morgan fingerprint density at radius 1 is 0.944 bits per heavy atom. The van der Waals surface area contributed by atoms with E-state index in [4.69, 9.17) is 4.74 Å². The predicted molar refractivity (Wildman–Crippen MR) is 68.9 cm³/mol. The second-order valence-corrected chi connectivity index (χ2v) is 4.80. The maximum atomic E-state index is 13.0. The molecule has 1 aliphatic heterocycles. The van der Waals surface area contributed by atoms with Gasteiger partial charge in [0.15, 0.2) is 0 Å². The molecule has 0 radical (unpaired) electrons. The van der Waals surface area contributed by atoms with Crippen molar-refractivity contribution in [3.63, 3.8) is 0 Å². The number of benzene rings is 2. The Balaban J connectivity index is 2.04. The lowest BCUT2D eigenvalue weighted by Gasteiger charge is -2.43. The quantitative estimate of drug-likeness (QED) is 0.778. The Labute approximate surface area is 106 Å². The summed E-state index contributed by atoms with van der Waals surface area (Å²) in [5.41, 5.74) is 3.03. The maximum Gasteiger partial charge on any atom is 0.123 e. The summed E-state index contributed by atoms with van der Waals surface area (Å²) >= 11 is 0. The summed E-state index contributed by atoms with van der Waals surface area (Å²) in [7, 11) is 0. The summed E-state index contributed by atoms with van der Waals surface area (Å²) in [6.45, 7) is 2.82. The second kappa shape index (κ2) is 4.21. The van der Waals surface area contributed by atoms with Crippen LogP contribution in [0, 0.1) is 12.7 Å². The van der Waals surface area contributed by atoms with Crippen LogP contribution < -0.4 is 0 Å². The van der Waals surface area contributed by atoms with Crippen molar-refractivity contribution in [1.29, 1.82) is 0 Å². The van der Waals surface area contributed by atoms with Crippen LogP contribution in [-0.4, -0.2) is 6.61 Å². The van der Waals surface area contributed by atoms with Crippen LogP contribution in [0.5, 0.6) is 0 Å². The number of rotatable bonds is 2. The molecule has 0 aliphatic carbocycles. The normalized spacial score (nSPS) is 22.6. The Kier molecular flexibility index (Phi) is 2.67. The summed E-state index contributed by atoms with van der Waals surface area (Å²) in [5.74, 6) is -0.211. The van der Waals surface area contributed by atoms with Crippen LogP contribution >= 0.6 is 0 Å². The first-order chi connectivity index (χ1) is 8.71. The smallest absolute Gasteiger partial charge is 0.123 e. The molecule has 2 heteroatoms. The molecule has 1 atom stereocenters. The first-order valence-electron chi connectivity index (χ1n) is 6.18. The van der Waals surface area contributed by atoms with Crippen molar-refractivity contribution < 1.29 is 9.13 Å². The average Bonchev–Trinajstić information content (AvgIpc) is 2.32. The minimum absolute atomic E-state index is 0.211. The Hall–Kier alpha value is -1.67. The second-order valence-electron chi connectivity index (χ2n) is 4.80. The third kappa shape index (κ3) is 1.73. The van der Waals surface area contributed by atoms with Gasteiger partial charge in [-0.2, -0.15) is 0 Å². The van der Waals surface area contributed by atoms with Gasteiger partial charge in [-0.25, -0.2) is 4.39 Å². The van der Waals surface area contributed by atoms with Crippen LogP contribution in [0.25, 0.3) is 0 Å². The first kappa shape index (κ1) is 11.4. The summed E-state index contributed by atoms with van der Waals surface area (Å²) < 4.78 is 18.9. The molecule has 0 bridgehead atoms. The van der Waals surface area contributed by atoms with Gasteiger partial charge in [0.2, 0.25) is 0 Å². The molecule has 1 fully saturated rings. The first-order valence-corrected chi connectivity index (χ1v) is 6.18. The molecule has 0 spiro atoms. The Morgan fingerprint density at radius 2 is 1.44 bits per heavy atom. The summed E-state index contributed by atoms with van der Waals surface area (Å²) in [5, 5.41) is 0. The van der Waals surface area contributed by atoms with E-state index < -0.39 is 0 Å². The van der Waals surface area contributed by atoms with Crippen molar-refractivity contribution in [2.75, 3.05) is 6.61 Å². The van der Waals surface area contributed by atoms with E-state index in [9.17, 15) is 4.39 Å². The molecule has 0 aromatic heterocycles. The third-order valence-electron chi connectivity index (χ3n) is 3.63. The van der Waals surface area contributed by atoms with Gasteiger partial charge in [-0.05, 0) is 30.2 Å². The van der Waals surface area contributed by atoms with Crippen molar-refractivity contribution in [3.8, 4) is 0 Å². The van der Waals surface area contributed by atoms with Gasteiger partial charge < -0.3 is 4.74 Å². The Morgan fingerprint density at radius 3 is 1.89 bits per heavy atom. The molecule has 2 aromatic rings. The van der Waals surface area contributed by atoms with Gasteiger partial charge in [-0.3, -0.25) is 0 Å². The molecule has 3 rings (SSSR count). The SMILES string of the molecule is Cc1ccc(C2(c3ccc(F)cc3)CCO2)cc1. The largest absolute Gasteiger partial charge is 0.365 e. The minimum Gasteiger partial charge on any atom is -0.365 e. The molecule has 92 valence electrons. The van der Waals surface area contributed by atoms with Crippen molar-refractivity contribution >= 4 is 0 Å². The summed E-state index contributed by atoms with van der Waals surface area (Å²) in [6, 6.07) is 15.0. The number of hydrogen-bond acceptors (Lipinski definition) is 1. The number of aryl methyl sites for hydroxylation is 1. The highest BCUT2D eigenvalue weighted by Crippen LogP contribution is 2.43. The highest BCUT2D eigenvalue weighted by atomic mass is 19.1. The molecule has 1 unspecified atom stereocenters.